The van der Waals surface area contributed by atoms with E-state index in [1.807, 2.05) is 50.2 Å². The summed E-state index contributed by atoms with van der Waals surface area (Å²) in [4.78, 5) is 41.6. The molecule has 1 saturated heterocycles. The van der Waals surface area contributed by atoms with Crippen LogP contribution in [-0.2, 0) is 27.3 Å². The van der Waals surface area contributed by atoms with Crippen LogP contribution in [0.3, 0.4) is 0 Å². The van der Waals surface area contributed by atoms with Crippen LogP contribution < -0.4 is 15.6 Å². The summed E-state index contributed by atoms with van der Waals surface area (Å²) in [7, 11) is 0. The van der Waals surface area contributed by atoms with Crippen LogP contribution in [0.5, 0.6) is 5.75 Å². The Hall–Kier alpha value is -3.65. The second kappa shape index (κ2) is 11.0. The summed E-state index contributed by atoms with van der Waals surface area (Å²) < 4.78 is 13.6. The molecule has 3 aromatic rings. The van der Waals surface area contributed by atoms with Gasteiger partial charge in [-0.05, 0) is 62.3 Å². The lowest BCUT2D eigenvalue weighted by atomic mass is 9.91. The van der Waals surface area contributed by atoms with Crippen molar-refractivity contribution in [1.82, 2.24) is 14.8 Å². The summed E-state index contributed by atoms with van der Waals surface area (Å²) in [5.74, 6) is 0.442. The van der Waals surface area contributed by atoms with E-state index in [0.29, 0.717) is 26.1 Å². The maximum Gasteiger partial charge on any atom is 0.254 e. The number of aromatic nitrogens is 1. The molecule has 5 rings (SSSR count). The molecular weight excluding hydrogens is 482 g/mol. The lowest BCUT2D eigenvalue weighted by molar-refractivity contribution is -0.168. The predicted octanol–water partition coefficient (Wildman–Crippen LogP) is 3.14. The van der Waals surface area contributed by atoms with Gasteiger partial charge in [0.05, 0.1) is 25.2 Å². The predicted molar refractivity (Wildman–Crippen MR) is 145 cm³/mol. The largest absolute Gasteiger partial charge is 0.491 e. The maximum absolute atomic E-state index is 13.6. The molecule has 0 aliphatic carbocycles. The number of carbonyl (C=O) groups excluding carboxylic acids is 2. The molecule has 0 saturated carbocycles. The highest BCUT2D eigenvalue weighted by Crippen LogP contribution is 2.28. The molecule has 8 nitrogen and oxygen atoms in total. The lowest BCUT2D eigenvalue weighted by Crippen LogP contribution is -2.61. The van der Waals surface area contributed by atoms with Crippen molar-refractivity contribution in [2.45, 2.75) is 51.7 Å². The molecule has 1 aromatic heterocycles. The summed E-state index contributed by atoms with van der Waals surface area (Å²) >= 11 is 0. The number of para-hydroxylation sites is 2. The van der Waals surface area contributed by atoms with Crippen LogP contribution >= 0.6 is 0 Å². The van der Waals surface area contributed by atoms with E-state index in [2.05, 4.69) is 11.4 Å². The van der Waals surface area contributed by atoms with E-state index in [1.165, 1.54) is 0 Å². The number of rotatable bonds is 2. The van der Waals surface area contributed by atoms with Crippen molar-refractivity contribution in [3.8, 4) is 5.75 Å². The molecule has 200 valence electrons. The number of benzene rings is 2. The first-order valence-corrected chi connectivity index (χ1v) is 13.4. The molecule has 38 heavy (non-hydrogen) atoms. The van der Waals surface area contributed by atoms with Crippen LogP contribution in [-0.4, -0.2) is 59.7 Å². The Kier molecular flexibility index (Phi) is 7.51. The highest BCUT2D eigenvalue weighted by molar-refractivity contribution is 5.88. The number of pyridine rings is 1. The molecular formula is C30H35N3O5. The average molecular weight is 518 g/mol. The second-order valence-electron chi connectivity index (χ2n) is 10.3. The number of fused-ring (bicyclic) bond motifs is 2. The highest BCUT2D eigenvalue weighted by atomic mass is 16.5. The Morgan fingerprint density at radius 2 is 1.87 bits per heavy atom. The third kappa shape index (κ3) is 5.18. The van der Waals surface area contributed by atoms with Gasteiger partial charge in [0.1, 0.15) is 18.9 Å². The van der Waals surface area contributed by atoms with Gasteiger partial charge in [0.2, 0.25) is 5.91 Å². The number of nitrogens with one attached hydrogen (secondary N) is 1. The molecule has 1 atom stereocenters. The topological polar surface area (TPSA) is 89.9 Å². The zero-order valence-electron chi connectivity index (χ0n) is 22.1. The monoisotopic (exact) mass is 517 g/mol. The van der Waals surface area contributed by atoms with Gasteiger partial charge in [0, 0.05) is 18.0 Å². The Morgan fingerprint density at radius 3 is 2.74 bits per heavy atom. The van der Waals surface area contributed by atoms with Gasteiger partial charge >= 0.3 is 0 Å². The smallest absolute Gasteiger partial charge is 0.254 e. The fraction of sp³-hybridized carbons (Fsp3) is 0.433. The van der Waals surface area contributed by atoms with Gasteiger partial charge in [0.15, 0.2) is 5.60 Å². The number of aryl methyl sites for hydroxylation is 3. The number of carbonyl (C=O) groups is 2. The minimum atomic E-state index is -1.12. The highest BCUT2D eigenvalue weighted by Gasteiger charge is 2.44. The summed E-state index contributed by atoms with van der Waals surface area (Å²) in [6, 6.07) is 15.5. The SMILES string of the molecule is Cc1cc(=O)n(CC(=O)N2CCOC3(CCCCc4ccccc4OCCNC3=O)C2)c2c(C)cccc12. The van der Waals surface area contributed by atoms with Gasteiger partial charge in [-0.3, -0.25) is 19.0 Å². The Labute approximate surface area is 222 Å². The van der Waals surface area contributed by atoms with Crippen LogP contribution in [0.4, 0.5) is 0 Å². The molecule has 0 bridgehead atoms. The van der Waals surface area contributed by atoms with Crippen molar-refractivity contribution < 1.29 is 19.1 Å². The molecule has 1 unspecified atom stereocenters. The summed E-state index contributed by atoms with van der Waals surface area (Å²) in [5, 5.41) is 3.92. The quantitative estimate of drug-likeness (QED) is 0.564. The van der Waals surface area contributed by atoms with Crippen LogP contribution in [0, 0.1) is 13.8 Å². The molecule has 2 aromatic carbocycles. The molecule has 1 N–H and O–H groups in total. The van der Waals surface area contributed by atoms with E-state index in [1.54, 1.807) is 15.5 Å². The van der Waals surface area contributed by atoms with E-state index in [-0.39, 0.29) is 37.1 Å². The number of morpholine rings is 1. The van der Waals surface area contributed by atoms with Crippen LogP contribution in [0.25, 0.3) is 10.9 Å². The average Bonchev–Trinajstić information content (AvgIpc) is 2.91. The fourth-order valence-electron chi connectivity index (χ4n) is 5.64. The minimum absolute atomic E-state index is 0.0806. The molecule has 1 spiro atoms. The Balaban J connectivity index is 1.35. The fourth-order valence-corrected chi connectivity index (χ4v) is 5.64. The summed E-state index contributed by atoms with van der Waals surface area (Å²) in [6.07, 6.45) is 3.00. The first-order valence-electron chi connectivity index (χ1n) is 13.4. The van der Waals surface area contributed by atoms with E-state index in [9.17, 15) is 14.4 Å². The second-order valence-corrected chi connectivity index (χ2v) is 10.3. The van der Waals surface area contributed by atoms with Gasteiger partial charge in [-0.2, -0.15) is 0 Å². The van der Waals surface area contributed by atoms with E-state index in [0.717, 1.165) is 52.6 Å². The number of nitrogens with zero attached hydrogens (tertiary/aromatic N) is 2. The summed E-state index contributed by atoms with van der Waals surface area (Å²) in [5.41, 5.74) is 2.43. The Bertz CT molecular complexity index is 1410. The molecule has 0 radical (unpaired) electrons. The minimum Gasteiger partial charge on any atom is -0.491 e. The first-order chi connectivity index (χ1) is 18.4. The standard InChI is InChI=1S/C30H35N3O5/c1-21-8-7-11-24-22(2)18-26(34)33(28(21)24)19-27(35)32-15-17-38-30(20-32)13-6-5-10-23-9-3-4-12-25(23)37-16-14-31-29(30)36/h3-4,7-9,11-12,18H,5-6,10,13-17,19-20H2,1-2H3,(H,31,36). The van der Waals surface area contributed by atoms with Gasteiger partial charge < -0.3 is 19.7 Å². The van der Waals surface area contributed by atoms with Crippen molar-refractivity contribution in [2.24, 2.45) is 0 Å². The number of hydrogen-bond donors (Lipinski definition) is 1. The van der Waals surface area contributed by atoms with Crippen molar-refractivity contribution in [3.63, 3.8) is 0 Å². The number of amides is 2. The third-order valence-corrected chi connectivity index (χ3v) is 7.68. The zero-order valence-corrected chi connectivity index (χ0v) is 22.1. The molecule has 3 heterocycles. The summed E-state index contributed by atoms with van der Waals surface area (Å²) in [6.45, 7) is 5.27. The normalized spacial score (nSPS) is 20.7. The number of hydrogen-bond acceptors (Lipinski definition) is 5. The lowest BCUT2D eigenvalue weighted by Gasteiger charge is -2.42. The van der Waals surface area contributed by atoms with Gasteiger partial charge in [-0.15, -0.1) is 0 Å². The van der Waals surface area contributed by atoms with Gasteiger partial charge in [-0.1, -0.05) is 36.4 Å². The molecule has 2 amide bonds. The van der Waals surface area contributed by atoms with E-state index >= 15 is 0 Å². The molecule has 1 fully saturated rings. The van der Waals surface area contributed by atoms with Gasteiger partial charge in [0.25, 0.3) is 11.5 Å². The third-order valence-electron chi connectivity index (χ3n) is 7.68. The van der Waals surface area contributed by atoms with E-state index in [4.69, 9.17) is 9.47 Å². The van der Waals surface area contributed by atoms with Crippen molar-refractivity contribution in [1.29, 1.82) is 0 Å². The first kappa shape index (κ1) is 26.0. The van der Waals surface area contributed by atoms with Gasteiger partial charge in [-0.25, -0.2) is 0 Å². The Morgan fingerprint density at radius 1 is 1.03 bits per heavy atom. The van der Waals surface area contributed by atoms with Crippen molar-refractivity contribution in [3.05, 3.63) is 75.6 Å². The molecule has 8 heteroatoms. The number of ether oxygens (including phenoxy) is 2. The van der Waals surface area contributed by atoms with Crippen LogP contribution in [0.15, 0.2) is 53.3 Å². The maximum atomic E-state index is 13.6. The van der Waals surface area contributed by atoms with E-state index < -0.39 is 5.60 Å². The zero-order chi connectivity index (χ0) is 26.7. The van der Waals surface area contributed by atoms with Crippen molar-refractivity contribution >= 4 is 22.7 Å². The van der Waals surface area contributed by atoms with Crippen molar-refractivity contribution in [2.75, 3.05) is 32.8 Å². The molecule has 2 aliphatic rings. The molecule has 2 aliphatic heterocycles. The van der Waals surface area contributed by atoms with Crippen LogP contribution in [0.1, 0.15) is 36.0 Å². The van der Waals surface area contributed by atoms with Crippen LogP contribution in [0.2, 0.25) is 0 Å².